The Labute approximate surface area is 413 Å². The van der Waals surface area contributed by atoms with Crippen molar-refractivity contribution in [2.24, 2.45) is 7.05 Å². The summed E-state index contributed by atoms with van der Waals surface area (Å²) in [7, 11) is -1.94. The minimum Gasteiger partial charge on any atom is -0.457 e. The molecule has 72 heavy (non-hydrogen) atoms. The molecule has 0 saturated carbocycles. The number of aryl methyl sites for hydroxylation is 2. The van der Waals surface area contributed by atoms with Crippen LogP contribution < -0.4 is 31.0 Å². The summed E-state index contributed by atoms with van der Waals surface area (Å²) in [6.45, 7) is 4.46. The van der Waals surface area contributed by atoms with Crippen molar-refractivity contribution in [1.29, 1.82) is 0 Å². The highest BCUT2D eigenvalue weighted by molar-refractivity contribution is 7.92. The Bertz CT molecular complexity index is 3170. The molecule has 6 aromatic rings. The van der Waals surface area contributed by atoms with Crippen LogP contribution in [0, 0.1) is 0 Å². The molecule has 1 atom stereocenters. The van der Waals surface area contributed by atoms with Crippen molar-refractivity contribution in [2.75, 3.05) is 67.3 Å². The van der Waals surface area contributed by atoms with Crippen molar-refractivity contribution in [1.82, 2.24) is 34.8 Å². The number of nitrogens with zero attached hydrogens (tertiary/aromatic N) is 5. The first-order valence-corrected chi connectivity index (χ1v) is 25.0. The van der Waals surface area contributed by atoms with Gasteiger partial charge in [0.1, 0.15) is 23.1 Å². The van der Waals surface area contributed by atoms with Crippen molar-refractivity contribution >= 4 is 67.5 Å². The highest BCUT2D eigenvalue weighted by atomic mass is 32.2. The van der Waals surface area contributed by atoms with Crippen LogP contribution in [-0.2, 0) is 58.6 Å². The Morgan fingerprint density at radius 2 is 1.62 bits per heavy atom. The lowest BCUT2D eigenvalue weighted by Crippen LogP contribution is -2.54. The van der Waals surface area contributed by atoms with Crippen LogP contribution in [0.4, 0.5) is 17.1 Å². The molecule has 1 unspecified atom stereocenters. The number of piperidine rings is 1. The quantitative estimate of drug-likeness (QED) is 0.0397. The second kappa shape index (κ2) is 23.0. The van der Waals surface area contributed by atoms with Crippen molar-refractivity contribution in [3.05, 3.63) is 112 Å². The molecule has 5 N–H and O–H groups in total. The Hall–Kier alpha value is -7.73. The van der Waals surface area contributed by atoms with Crippen molar-refractivity contribution in [3.63, 3.8) is 0 Å². The minimum absolute atomic E-state index is 0.0461. The largest absolute Gasteiger partial charge is 0.457 e. The minimum atomic E-state index is -3.58. The Morgan fingerprint density at radius 3 is 2.42 bits per heavy atom. The van der Waals surface area contributed by atoms with E-state index in [4.69, 9.17) is 18.9 Å². The number of H-pyrrole nitrogens is 1. The van der Waals surface area contributed by atoms with Gasteiger partial charge in [0.2, 0.25) is 27.7 Å². The van der Waals surface area contributed by atoms with Crippen LogP contribution >= 0.6 is 0 Å². The van der Waals surface area contributed by atoms with Gasteiger partial charge in [0.05, 0.1) is 68.8 Å². The van der Waals surface area contributed by atoms with Crippen molar-refractivity contribution in [2.45, 2.75) is 51.6 Å². The lowest BCUT2D eigenvalue weighted by molar-refractivity contribution is -0.136. The molecule has 0 radical (unpaired) electrons. The van der Waals surface area contributed by atoms with E-state index in [1.165, 1.54) is 10.6 Å². The summed E-state index contributed by atoms with van der Waals surface area (Å²) in [5.41, 5.74) is 3.79. The number of aromatic nitrogens is 5. The van der Waals surface area contributed by atoms with Gasteiger partial charge in [-0.15, -0.1) is 5.10 Å². The van der Waals surface area contributed by atoms with Crippen LogP contribution in [0.2, 0.25) is 0 Å². The SMILES string of the molecule is CCS(=O)(=O)Nc1ccc(Oc2cccc(NC(=O)CCCc3cn(CCOCCOCCOCCNc4cccc5c4C(=O)N(C4CCC(=O)NC4=O)C5=O)nn3)c2)c(-c2cn(C)c(=O)c3[nH]ccc23)c1. The third kappa shape index (κ3) is 12.2. The fourth-order valence-corrected chi connectivity index (χ4v) is 8.86. The molecule has 0 aliphatic carbocycles. The number of aromatic amines is 1. The number of pyridine rings is 1. The molecule has 0 bridgehead atoms. The average Bonchev–Trinajstić information content (AvgIpc) is 4.10. The van der Waals surface area contributed by atoms with Gasteiger partial charge in [0.25, 0.3) is 17.4 Å². The van der Waals surface area contributed by atoms with Gasteiger partial charge in [-0.3, -0.25) is 43.7 Å². The van der Waals surface area contributed by atoms with Crippen molar-refractivity contribution < 1.29 is 51.3 Å². The summed E-state index contributed by atoms with van der Waals surface area (Å²) in [4.78, 5) is 80.0. The predicted molar refractivity (Wildman–Crippen MR) is 264 cm³/mol. The maximum atomic E-state index is 13.3. The number of imide groups is 2. The van der Waals surface area contributed by atoms with E-state index in [2.05, 4.69) is 36.0 Å². The summed E-state index contributed by atoms with van der Waals surface area (Å²) in [6, 6.07) is 17.5. The molecule has 8 rings (SSSR count). The molecule has 1 saturated heterocycles. The number of nitrogens with one attached hydrogen (secondary N) is 5. The van der Waals surface area contributed by atoms with Crippen LogP contribution in [0.1, 0.15) is 59.0 Å². The van der Waals surface area contributed by atoms with E-state index >= 15 is 0 Å². The number of benzene rings is 3. The van der Waals surface area contributed by atoms with E-state index in [1.54, 1.807) is 91.7 Å². The lowest BCUT2D eigenvalue weighted by Gasteiger charge is -2.27. The maximum absolute atomic E-state index is 13.3. The molecule has 378 valence electrons. The Balaban J connectivity index is 0.706. The summed E-state index contributed by atoms with van der Waals surface area (Å²) in [6.07, 6.45) is 6.59. The highest BCUT2D eigenvalue weighted by Crippen LogP contribution is 2.39. The lowest BCUT2D eigenvalue weighted by atomic mass is 10.0. The number of hydrogen-bond acceptors (Lipinski definition) is 15. The van der Waals surface area contributed by atoms with Crippen LogP contribution in [0.25, 0.3) is 22.0 Å². The molecular weight excluding hydrogens is 953 g/mol. The van der Waals surface area contributed by atoms with E-state index < -0.39 is 39.7 Å². The zero-order valence-electron chi connectivity index (χ0n) is 39.6. The topological polar surface area (TPSA) is 276 Å². The third-order valence-corrected chi connectivity index (χ3v) is 13.1. The first-order chi connectivity index (χ1) is 34.8. The maximum Gasteiger partial charge on any atom is 0.274 e. The van der Waals surface area contributed by atoms with Gasteiger partial charge in [-0.1, -0.05) is 17.3 Å². The molecule has 1 fully saturated rings. The number of carbonyl (C=O) groups excluding carboxylic acids is 5. The monoisotopic (exact) mass is 1010 g/mol. The normalized spacial score (nSPS) is 14.7. The average molecular weight is 1010 g/mol. The molecule has 3 aromatic heterocycles. The van der Waals surface area contributed by atoms with Gasteiger partial charge >= 0.3 is 0 Å². The first-order valence-electron chi connectivity index (χ1n) is 23.4. The van der Waals surface area contributed by atoms with Crippen molar-refractivity contribution in [3.8, 4) is 22.6 Å². The van der Waals surface area contributed by atoms with E-state index in [0.717, 1.165) is 10.6 Å². The van der Waals surface area contributed by atoms with Crippen LogP contribution in [-0.4, -0.2) is 125 Å². The zero-order valence-corrected chi connectivity index (χ0v) is 40.4. The second-order valence-corrected chi connectivity index (χ2v) is 18.9. The Morgan fingerprint density at radius 1 is 0.847 bits per heavy atom. The molecule has 0 spiro atoms. The smallest absolute Gasteiger partial charge is 0.274 e. The van der Waals surface area contributed by atoms with Crippen LogP contribution in [0.3, 0.4) is 0 Å². The number of sulfonamides is 1. The standard InChI is InChI=1S/C49H54N10O12S/c1-3-72(66,67)55-32-13-15-41(37(28-32)38-30-57(2)49(65)45-35(38)17-18-51-45)71-34-9-4-7-31(27-34)52-42(60)12-5-8-33-29-58(56-54-33)20-22-69-24-26-70-25-23-68-21-19-50-39-11-6-10-36-44(39)48(64)59(47(36)63)40-14-16-43(61)53-46(40)62/h4,6-7,9-11,13,15,17-18,27-30,40,50-51,55H,3,5,8,12,14,16,19-26H2,1-2H3,(H,52,60)(H,53,61,62). The molecular formula is C49H54N10O12S. The molecule has 2 aliphatic rings. The number of fused-ring (bicyclic) bond motifs is 2. The summed E-state index contributed by atoms with van der Waals surface area (Å²) >= 11 is 0. The molecule has 3 aromatic carbocycles. The first kappa shape index (κ1) is 50.7. The van der Waals surface area contributed by atoms with Gasteiger partial charge < -0.3 is 39.1 Å². The fraction of sp³-hybridized carbons (Fsp3) is 0.347. The number of hydrogen-bond donors (Lipinski definition) is 5. The van der Waals surface area contributed by atoms with Gasteiger partial charge in [0.15, 0.2) is 0 Å². The molecule has 23 heteroatoms. The van der Waals surface area contributed by atoms with Gasteiger partial charge in [-0.25, -0.2) is 13.1 Å². The number of amides is 5. The molecule has 5 heterocycles. The van der Waals surface area contributed by atoms with Gasteiger partial charge in [0, 0.05) is 84.7 Å². The van der Waals surface area contributed by atoms with Gasteiger partial charge in [-0.05, 0) is 74.7 Å². The van der Waals surface area contributed by atoms with E-state index in [-0.39, 0.29) is 47.6 Å². The number of anilines is 3. The van der Waals surface area contributed by atoms with E-state index in [9.17, 15) is 37.2 Å². The second-order valence-electron chi connectivity index (χ2n) is 16.9. The summed E-state index contributed by atoms with van der Waals surface area (Å²) < 4.78 is 53.9. The molecule has 2 aliphatic heterocycles. The fourth-order valence-electron chi connectivity index (χ4n) is 8.23. The highest BCUT2D eigenvalue weighted by Gasteiger charge is 2.45. The van der Waals surface area contributed by atoms with E-state index in [0.29, 0.717) is 116 Å². The number of carbonyl (C=O) groups is 5. The number of ether oxygens (including phenoxy) is 4. The van der Waals surface area contributed by atoms with Crippen LogP contribution in [0.5, 0.6) is 11.5 Å². The molecule has 5 amide bonds. The third-order valence-electron chi connectivity index (χ3n) is 11.8. The predicted octanol–water partition coefficient (Wildman–Crippen LogP) is 4.20. The number of rotatable bonds is 25. The Kier molecular flexibility index (Phi) is 16.2. The van der Waals surface area contributed by atoms with E-state index in [1.807, 2.05) is 6.20 Å². The summed E-state index contributed by atoms with van der Waals surface area (Å²) in [5.74, 6) is -1.73. The van der Waals surface area contributed by atoms with Gasteiger partial charge in [-0.2, -0.15) is 0 Å². The molecule has 22 nitrogen and oxygen atoms in total. The zero-order chi connectivity index (χ0) is 50.8. The van der Waals surface area contributed by atoms with Crippen LogP contribution in [0.15, 0.2) is 90.1 Å². The summed E-state index contributed by atoms with van der Waals surface area (Å²) in [5, 5.41) is 17.3.